The number of benzene rings is 2. The van der Waals surface area contributed by atoms with Crippen molar-refractivity contribution in [3.8, 4) is 11.1 Å². The molecule has 0 saturated heterocycles. The van der Waals surface area contributed by atoms with E-state index in [2.05, 4.69) is 79.6 Å². The predicted molar refractivity (Wildman–Crippen MR) is 105 cm³/mol. The third-order valence-electron chi connectivity index (χ3n) is 5.36. The summed E-state index contributed by atoms with van der Waals surface area (Å²) in [6.45, 7) is 12.2. The standard InChI is InChI=1S/C22H27N3/c1-16-5-7-17(8-6-16)18-9-10-19-20(15-18)25-14-13-24(22(2,3)4)12-11-21(25)23-19/h5-10,15H,11-14H2,1-4H3. The molecule has 2 heterocycles. The van der Waals surface area contributed by atoms with E-state index < -0.39 is 0 Å². The van der Waals surface area contributed by atoms with Gasteiger partial charge in [0, 0.05) is 31.6 Å². The highest BCUT2D eigenvalue weighted by Crippen LogP contribution is 2.27. The molecule has 0 fully saturated rings. The average Bonchev–Trinajstić information content (AvgIpc) is 2.77. The summed E-state index contributed by atoms with van der Waals surface area (Å²) in [5.74, 6) is 1.22. The van der Waals surface area contributed by atoms with Crippen LogP contribution in [0.4, 0.5) is 0 Å². The minimum Gasteiger partial charge on any atom is -0.327 e. The molecule has 0 bridgehead atoms. The Morgan fingerprint density at radius 3 is 2.32 bits per heavy atom. The Hall–Kier alpha value is -2.13. The molecule has 1 aliphatic rings. The molecule has 1 aliphatic heterocycles. The Morgan fingerprint density at radius 1 is 0.880 bits per heavy atom. The summed E-state index contributed by atoms with van der Waals surface area (Å²) < 4.78 is 2.43. The van der Waals surface area contributed by atoms with Crippen LogP contribution in [0.15, 0.2) is 42.5 Å². The van der Waals surface area contributed by atoms with Gasteiger partial charge in [-0.25, -0.2) is 4.98 Å². The van der Waals surface area contributed by atoms with E-state index in [9.17, 15) is 0 Å². The first kappa shape index (κ1) is 16.3. The van der Waals surface area contributed by atoms with E-state index in [1.807, 2.05) is 0 Å². The van der Waals surface area contributed by atoms with Gasteiger partial charge in [-0.3, -0.25) is 4.90 Å². The summed E-state index contributed by atoms with van der Waals surface area (Å²) in [5.41, 5.74) is 6.44. The van der Waals surface area contributed by atoms with Crippen molar-refractivity contribution < 1.29 is 0 Å². The number of rotatable bonds is 1. The molecule has 2 aromatic carbocycles. The van der Waals surface area contributed by atoms with Crippen LogP contribution in [0.3, 0.4) is 0 Å². The lowest BCUT2D eigenvalue weighted by Crippen LogP contribution is -2.43. The molecule has 0 amide bonds. The Balaban J connectivity index is 1.72. The average molecular weight is 333 g/mol. The second-order valence-electron chi connectivity index (χ2n) is 8.16. The molecule has 25 heavy (non-hydrogen) atoms. The maximum atomic E-state index is 4.91. The third kappa shape index (κ3) is 3.09. The monoisotopic (exact) mass is 333 g/mol. The molecule has 3 heteroatoms. The SMILES string of the molecule is Cc1ccc(-c2ccc3nc4n(c3c2)CCN(C(C)(C)C)CC4)cc1. The van der Waals surface area contributed by atoms with Gasteiger partial charge in [0.1, 0.15) is 5.82 Å². The first-order valence-electron chi connectivity index (χ1n) is 9.23. The summed E-state index contributed by atoms with van der Waals surface area (Å²) in [4.78, 5) is 7.48. The number of imidazole rings is 1. The largest absolute Gasteiger partial charge is 0.327 e. The molecule has 0 atom stereocenters. The van der Waals surface area contributed by atoms with Crippen molar-refractivity contribution in [3.05, 3.63) is 53.9 Å². The zero-order chi connectivity index (χ0) is 17.6. The molecule has 0 aliphatic carbocycles. The first-order chi connectivity index (χ1) is 11.9. The van der Waals surface area contributed by atoms with Crippen LogP contribution in [0.25, 0.3) is 22.2 Å². The molecular weight excluding hydrogens is 306 g/mol. The molecular formula is C22H27N3. The highest BCUT2D eigenvalue weighted by Gasteiger charge is 2.25. The van der Waals surface area contributed by atoms with Crippen molar-refractivity contribution >= 4 is 11.0 Å². The van der Waals surface area contributed by atoms with E-state index in [4.69, 9.17) is 4.98 Å². The van der Waals surface area contributed by atoms with Crippen molar-refractivity contribution in [1.82, 2.24) is 14.5 Å². The number of hydrogen-bond donors (Lipinski definition) is 0. The van der Waals surface area contributed by atoms with Gasteiger partial charge in [0.15, 0.2) is 0 Å². The van der Waals surface area contributed by atoms with Crippen LogP contribution in [0.5, 0.6) is 0 Å². The van der Waals surface area contributed by atoms with E-state index in [1.54, 1.807) is 0 Å². The summed E-state index contributed by atoms with van der Waals surface area (Å²) in [7, 11) is 0. The van der Waals surface area contributed by atoms with Crippen LogP contribution in [0.1, 0.15) is 32.2 Å². The molecule has 0 saturated carbocycles. The highest BCUT2D eigenvalue weighted by molar-refractivity contribution is 5.82. The zero-order valence-corrected chi connectivity index (χ0v) is 15.7. The topological polar surface area (TPSA) is 21.1 Å². The molecule has 0 radical (unpaired) electrons. The minimum absolute atomic E-state index is 0.215. The summed E-state index contributed by atoms with van der Waals surface area (Å²) in [5, 5.41) is 0. The lowest BCUT2D eigenvalue weighted by Gasteiger charge is -2.34. The fraction of sp³-hybridized carbons (Fsp3) is 0.409. The molecule has 3 aromatic rings. The molecule has 0 N–H and O–H groups in total. The van der Waals surface area contributed by atoms with Crippen LogP contribution in [0.2, 0.25) is 0 Å². The van der Waals surface area contributed by atoms with Crippen LogP contribution in [0, 0.1) is 6.92 Å². The van der Waals surface area contributed by atoms with Crippen molar-refractivity contribution in [2.75, 3.05) is 13.1 Å². The van der Waals surface area contributed by atoms with E-state index >= 15 is 0 Å². The van der Waals surface area contributed by atoms with E-state index in [0.717, 1.165) is 31.6 Å². The maximum Gasteiger partial charge on any atom is 0.111 e. The first-order valence-corrected chi connectivity index (χ1v) is 9.23. The van der Waals surface area contributed by atoms with Gasteiger partial charge < -0.3 is 4.57 Å². The Kier molecular flexibility index (Phi) is 3.92. The van der Waals surface area contributed by atoms with Gasteiger partial charge in [0.2, 0.25) is 0 Å². The lowest BCUT2D eigenvalue weighted by atomic mass is 10.0. The van der Waals surface area contributed by atoms with E-state index in [0.29, 0.717) is 0 Å². The van der Waals surface area contributed by atoms with Crippen molar-refractivity contribution in [2.24, 2.45) is 0 Å². The Morgan fingerprint density at radius 2 is 1.60 bits per heavy atom. The van der Waals surface area contributed by atoms with Gasteiger partial charge in [-0.15, -0.1) is 0 Å². The van der Waals surface area contributed by atoms with E-state index in [1.165, 1.54) is 28.0 Å². The fourth-order valence-corrected chi connectivity index (χ4v) is 3.78. The molecule has 130 valence electrons. The lowest BCUT2D eigenvalue weighted by molar-refractivity contribution is 0.140. The second kappa shape index (κ2) is 5.99. The van der Waals surface area contributed by atoms with Gasteiger partial charge in [0.05, 0.1) is 11.0 Å². The van der Waals surface area contributed by atoms with Crippen molar-refractivity contribution in [2.45, 2.75) is 46.2 Å². The number of aromatic nitrogens is 2. The van der Waals surface area contributed by atoms with Crippen LogP contribution < -0.4 is 0 Å². The second-order valence-corrected chi connectivity index (χ2v) is 8.16. The number of nitrogens with zero attached hydrogens (tertiary/aromatic N) is 3. The van der Waals surface area contributed by atoms with Crippen molar-refractivity contribution in [3.63, 3.8) is 0 Å². The smallest absolute Gasteiger partial charge is 0.111 e. The summed E-state index contributed by atoms with van der Waals surface area (Å²) in [6, 6.07) is 15.4. The quantitative estimate of drug-likeness (QED) is 0.645. The van der Waals surface area contributed by atoms with E-state index in [-0.39, 0.29) is 5.54 Å². The predicted octanol–water partition coefficient (Wildman–Crippen LogP) is 4.67. The minimum atomic E-state index is 0.215. The van der Waals surface area contributed by atoms with Crippen molar-refractivity contribution in [1.29, 1.82) is 0 Å². The molecule has 0 unspecified atom stereocenters. The third-order valence-corrected chi connectivity index (χ3v) is 5.36. The fourth-order valence-electron chi connectivity index (χ4n) is 3.78. The molecule has 4 rings (SSSR count). The van der Waals surface area contributed by atoms with Gasteiger partial charge in [-0.05, 0) is 51.0 Å². The zero-order valence-electron chi connectivity index (χ0n) is 15.7. The van der Waals surface area contributed by atoms with Gasteiger partial charge >= 0.3 is 0 Å². The molecule has 3 nitrogen and oxygen atoms in total. The normalized spacial score (nSPS) is 16.0. The van der Waals surface area contributed by atoms with Gasteiger partial charge in [-0.2, -0.15) is 0 Å². The van der Waals surface area contributed by atoms with Crippen LogP contribution in [-0.2, 0) is 13.0 Å². The Bertz CT molecular complexity index is 897. The number of fused-ring (bicyclic) bond motifs is 3. The number of hydrogen-bond acceptors (Lipinski definition) is 2. The van der Waals surface area contributed by atoms with Gasteiger partial charge in [-0.1, -0.05) is 35.9 Å². The summed E-state index contributed by atoms with van der Waals surface area (Å²) >= 11 is 0. The van der Waals surface area contributed by atoms with Crippen LogP contribution in [-0.4, -0.2) is 33.1 Å². The van der Waals surface area contributed by atoms with Crippen LogP contribution >= 0.6 is 0 Å². The highest BCUT2D eigenvalue weighted by atomic mass is 15.2. The molecule has 1 aromatic heterocycles. The molecule has 0 spiro atoms. The maximum absolute atomic E-state index is 4.91. The number of aryl methyl sites for hydroxylation is 1. The Labute approximate surface area is 150 Å². The van der Waals surface area contributed by atoms with Gasteiger partial charge in [0.25, 0.3) is 0 Å². The summed E-state index contributed by atoms with van der Waals surface area (Å²) in [6.07, 6.45) is 1.02.